The standard InChI is InChI=1S/C23H31BN6O8S/c1-2-28-10-11-30(21(33)20(28)32)23(36)27-17(13-6-8-29(39-25)9-7-13)19(31)26-16-12-14-4-3-5-15(22(34)35)18(14)38-24(16)37/h3-5,13,16-17,37H,2,6-12,25H2,1H3,(H,26,31)(H,27,36)(H,34,35)/t16-,17?/m0/s1. The lowest BCUT2D eigenvalue weighted by atomic mass is 9.72. The van der Waals surface area contributed by atoms with E-state index in [1.165, 1.54) is 11.0 Å². The summed E-state index contributed by atoms with van der Waals surface area (Å²) >= 11 is 1.09. The number of carboxylic acids is 1. The molecule has 3 heterocycles. The van der Waals surface area contributed by atoms with Crippen molar-refractivity contribution in [3.63, 3.8) is 0 Å². The van der Waals surface area contributed by atoms with E-state index >= 15 is 0 Å². The van der Waals surface area contributed by atoms with E-state index in [9.17, 15) is 34.1 Å². The molecule has 0 spiro atoms. The molecule has 0 bridgehead atoms. The molecule has 210 valence electrons. The molecule has 1 aromatic carbocycles. The average molecular weight is 562 g/mol. The van der Waals surface area contributed by atoms with Gasteiger partial charge in [-0.3, -0.25) is 24.4 Å². The molecule has 1 aromatic rings. The zero-order valence-corrected chi connectivity index (χ0v) is 22.2. The van der Waals surface area contributed by atoms with Gasteiger partial charge in [0.1, 0.15) is 11.8 Å². The van der Waals surface area contributed by atoms with E-state index in [0.717, 1.165) is 17.0 Å². The molecule has 5 amide bonds. The number of benzene rings is 1. The van der Waals surface area contributed by atoms with E-state index < -0.39 is 48.8 Å². The van der Waals surface area contributed by atoms with Gasteiger partial charge in [0, 0.05) is 44.9 Å². The van der Waals surface area contributed by atoms with Gasteiger partial charge in [-0.05, 0) is 43.7 Å². The Hall–Kier alpha value is -3.34. The first-order chi connectivity index (χ1) is 18.6. The average Bonchev–Trinajstić information content (AvgIpc) is 2.93. The molecular formula is C23H31BN6O8S. The van der Waals surface area contributed by atoms with Crippen LogP contribution in [0.15, 0.2) is 18.2 Å². The number of para-hydroxylation sites is 1. The number of piperidine rings is 1. The Morgan fingerprint density at radius 1 is 1.18 bits per heavy atom. The van der Waals surface area contributed by atoms with Gasteiger partial charge in [-0.15, -0.1) is 0 Å². The van der Waals surface area contributed by atoms with Crippen molar-refractivity contribution in [3.8, 4) is 5.75 Å². The quantitative estimate of drug-likeness (QED) is 0.153. The maximum Gasteiger partial charge on any atom is 0.547 e. The molecule has 6 N–H and O–H groups in total. The molecule has 2 saturated heterocycles. The summed E-state index contributed by atoms with van der Waals surface area (Å²) in [5.74, 6) is -4.75. The van der Waals surface area contributed by atoms with Gasteiger partial charge in [-0.2, -0.15) is 0 Å². The lowest BCUT2D eigenvalue weighted by Crippen LogP contribution is -2.63. The van der Waals surface area contributed by atoms with E-state index in [1.54, 1.807) is 19.1 Å². The molecule has 1 unspecified atom stereocenters. The van der Waals surface area contributed by atoms with Crippen molar-refractivity contribution in [2.75, 3.05) is 32.7 Å². The zero-order chi connectivity index (χ0) is 28.3. The van der Waals surface area contributed by atoms with Crippen LogP contribution < -0.4 is 20.4 Å². The van der Waals surface area contributed by atoms with Crippen molar-refractivity contribution in [1.29, 1.82) is 0 Å². The fourth-order valence-electron chi connectivity index (χ4n) is 5.08. The number of hydrogen-bond acceptors (Lipinski definition) is 10. The molecule has 0 saturated carbocycles. The number of imide groups is 1. The minimum Gasteiger partial charge on any atom is -0.534 e. The Labute approximate surface area is 229 Å². The second kappa shape index (κ2) is 12.2. The number of hydrogen-bond donors (Lipinski definition) is 5. The number of likely N-dealkylation sites (N-methyl/N-ethyl adjacent to an activating group) is 1. The number of urea groups is 1. The van der Waals surface area contributed by atoms with Crippen LogP contribution in [-0.2, 0) is 20.8 Å². The summed E-state index contributed by atoms with van der Waals surface area (Å²) in [7, 11) is -1.53. The van der Waals surface area contributed by atoms with Gasteiger partial charge in [0.25, 0.3) is 0 Å². The Morgan fingerprint density at radius 3 is 2.54 bits per heavy atom. The van der Waals surface area contributed by atoms with Crippen LogP contribution in [-0.4, -0.2) is 106 Å². The summed E-state index contributed by atoms with van der Waals surface area (Å²) < 4.78 is 7.39. The Kier molecular flexibility index (Phi) is 8.99. The molecule has 4 rings (SSSR count). The van der Waals surface area contributed by atoms with Crippen molar-refractivity contribution in [1.82, 2.24) is 24.7 Å². The van der Waals surface area contributed by atoms with Crippen LogP contribution in [0.25, 0.3) is 0 Å². The zero-order valence-electron chi connectivity index (χ0n) is 21.4. The van der Waals surface area contributed by atoms with Gasteiger partial charge in [-0.1, -0.05) is 12.1 Å². The van der Waals surface area contributed by atoms with E-state index in [0.29, 0.717) is 38.0 Å². The number of nitrogens with zero attached hydrogens (tertiary/aromatic N) is 3. The normalized spacial score (nSPS) is 21.2. The number of amides is 5. The van der Waals surface area contributed by atoms with E-state index in [2.05, 4.69) is 10.6 Å². The van der Waals surface area contributed by atoms with E-state index in [-0.39, 0.29) is 36.7 Å². The van der Waals surface area contributed by atoms with Crippen LogP contribution in [0.1, 0.15) is 35.7 Å². The molecule has 0 aliphatic carbocycles. The second-order valence-corrected chi connectivity index (χ2v) is 10.3. The third-order valence-corrected chi connectivity index (χ3v) is 7.96. The van der Waals surface area contributed by atoms with Crippen LogP contribution in [0.3, 0.4) is 0 Å². The molecule has 16 heteroatoms. The highest BCUT2D eigenvalue weighted by atomic mass is 32.2. The third-order valence-electron chi connectivity index (χ3n) is 7.29. The third kappa shape index (κ3) is 6.13. The molecule has 0 aromatic heterocycles. The van der Waals surface area contributed by atoms with Crippen molar-refractivity contribution < 1.29 is 38.8 Å². The first-order valence-electron chi connectivity index (χ1n) is 12.7. The highest BCUT2D eigenvalue weighted by Crippen LogP contribution is 2.30. The Bertz CT molecular complexity index is 1150. The van der Waals surface area contributed by atoms with Gasteiger partial charge in [0.15, 0.2) is 0 Å². The maximum atomic E-state index is 13.5. The summed E-state index contributed by atoms with van der Waals surface area (Å²) in [5.41, 5.74) is 0.394. The van der Waals surface area contributed by atoms with Gasteiger partial charge in [-0.25, -0.2) is 13.9 Å². The molecule has 0 radical (unpaired) electrons. The van der Waals surface area contributed by atoms with Gasteiger partial charge in [0.05, 0.1) is 11.5 Å². The number of carboxylic acid groups (broad SMARTS) is 1. The Balaban J connectivity index is 1.50. The summed E-state index contributed by atoms with van der Waals surface area (Å²) in [6.45, 7) is 3.40. The van der Waals surface area contributed by atoms with Crippen LogP contribution in [0.4, 0.5) is 4.79 Å². The van der Waals surface area contributed by atoms with Crippen molar-refractivity contribution in [2.24, 2.45) is 11.1 Å². The monoisotopic (exact) mass is 562 g/mol. The number of fused-ring (bicyclic) bond motifs is 1. The van der Waals surface area contributed by atoms with Crippen LogP contribution in [0.5, 0.6) is 5.75 Å². The molecule has 3 aliphatic heterocycles. The van der Waals surface area contributed by atoms with Gasteiger partial charge in [0.2, 0.25) is 5.91 Å². The van der Waals surface area contributed by atoms with E-state index in [4.69, 9.17) is 9.79 Å². The summed E-state index contributed by atoms with van der Waals surface area (Å²) in [6.07, 6.45) is 1.14. The number of aromatic carboxylic acids is 1. The fraction of sp³-hybridized carbons (Fsp3) is 0.522. The largest absolute Gasteiger partial charge is 0.547 e. The fourth-order valence-corrected chi connectivity index (χ4v) is 5.50. The number of carbonyl (C=O) groups is 5. The van der Waals surface area contributed by atoms with Crippen molar-refractivity contribution >= 4 is 49.0 Å². The van der Waals surface area contributed by atoms with Crippen LogP contribution in [0, 0.1) is 5.92 Å². The second-order valence-electron chi connectivity index (χ2n) is 9.57. The van der Waals surface area contributed by atoms with Gasteiger partial charge >= 0.3 is 30.9 Å². The molecule has 2 atom stereocenters. The highest BCUT2D eigenvalue weighted by Gasteiger charge is 2.42. The summed E-state index contributed by atoms with van der Waals surface area (Å²) in [6, 6.07) is 2.62. The van der Waals surface area contributed by atoms with Crippen LogP contribution in [0.2, 0.25) is 0 Å². The summed E-state index contributed by atoms with van der Waals surface area (Å²) in [4.78, 5) is 65.2. The highest BCUT2D eigenvalue weighted by molar-refractivity contribution is 7.94. The minimum absolute atomic E-state index is 0.00127. The lowest BCUT2D eigenvalue weighted by Gasteiger charge is -2.37. The molecule has 3 aliphatic rings. The van der Waals surface area contributed by atoms with Crippen LogP contribution >= 0.6 is 12.1 Å². The number of carbonyl (C=O) groups excluding carboxylic acids is 4. The minimum atomic E-state index is -1.53. The van der Waals surface area contributed by atoms with Gasteiger partial charge < -0.3 is 30.3 Å². The predicted molar refractivity (Wildman–Crippen MR) is 140 cm³/mol. The van der Waals surface area contributed by atoms with E-state index in [1.807, 2.05) is 4.31 Å². The number of rotatable bonds is 7. The van der Waals surface area contributed by atoms with Crippen molar-refractivity contribution in [2.45, 2.75) is 38.2 Å². The first kappa shape index (κ1) is 28.7. The molecule has 39 heavy (non-hydrogen) atoms. The van der Waals surface area contributed by atoms with Crippen molar-refractivity contribution in [3.05, 3.63) is 29.3 Å². The first-order valence-corrected chi connectivity index (χ1v) is 13.5. The topological polar surface area (TPSA) is 195 Å². The maximum absolute atomic E-state index is 13.5. The predicted octanol–water partition coefficient (Wildman–Crippen LogP) is -1.17. The molecule has 14 nitrogen and oxygen atoms in total. The number of piperazine rings is 1. The molecule has 2 fully saturated rings. The Morgan fingerprint density at radius 2 is 1.90 bits per heavy atom. The SMILES string of the molecule is CCN1CCN(C(=O)NC(C(=O)N[C@H]2Cc3cccc(C(=O)O)c3OB2O)C2CCN(SN)CC2)C(=O)C1=O. The number of nitrogens with one attached hydrogen (secondary N) is 2. The molecular weight excluding hydrogens is 531 g/mol. The smallest absolute Gasteiger partial charge is 0.534 e. The lowest BCUT2D eigenvalue weighted by molar-refractivity contribution is -0.153. The summed E-state index contributed by atoms with van der Waals surface area (Å²) in [5, 5.41) is 31.0. The number of nitrogens with two attached hydrogens (primary N) is 1.